The van der Waals surface area contributed by atoms with Crippen LogP contribution in [0.15, 0.2) is 47.5 Å². The zero-order chi connectivity index (χ0) is 21.8. The van der Waals surface area contributed by atoms with Gasteiger partial charge in [-0.25, -0.2) is 4.99 Å². The number of rotatable bonds is 11. The fourth-order valence-electron chi connectivity index (χ4n) is 2.81. The van der Waals surface area contributed by atoms with Gasteiger partial charge in [0.15, 0.2) is 5.96 Å². The van der Waals surface area contributed by atoms with Crippen molar-refractivity contribution in [1.29, 1.82) is 0 Å². The van der Waals surface area contributed by atoms with E-state index in [4.69, 9.17) is 15.2 Å². The van der Waals surface area contributed by atoms with E-state index in [2.05, 4.69) is 27.8 Å². The van der Waals surface area contributed by atoms with Crippen LogP contribution in [0.4, 0.5) is 0 Å². The molecular formula is C23H33IN4O3. The number of guanidine groups is 1. The fraction of sp³-hybridized carbons (Fsp3) is 0.391. The van der Waals surface area contributed by atoms with Gasteiger partial charge in [-0.1, -0.05) is 24.3 Å². The molecule has 0 spiro atoms. The van der Waals surface area contributed by atoms with Crippen molar-refractivity contribution in [2.24, 2.45) is 10.7 Å². The van der Waals surface area contributed by atoms with Crippen LogP contribution in [0.1, 0.15) is 40.9 Å². The van der Waals surface area contributed by atoms with Crippen molar-refractivity contribution < 1.29 is 14.3 Å². The summed E-state index contributed by atoms with van der Waals surface area (Å²) in [5, 5.41) is 6.58. The molecule has 0 fully saturated rings. The first-order valence-electron chi connectivity index (χ1n) is 10.2. The SMILES string of the molecule is CCNC(=NCc1cccc(C(N)=O)c1)NCc1ccc(C)cc1OCCOCC.I. The molecule has 2 rings (SSSR count). The van der Waals surface area contributed by atoms with Gasteiger partial charge < -0.3 is 25.8 Å². The minimum Gasteiger partial charge on any atom is -0.491 e. The average Bonchev–Trinajstić information content (AvgIpc) is 2.74. The first-order chi connectivity index (χ1) is 14.5. The molecule has 2 aromatic carbocycles. The van der Waals surface area contributed by atoms with E-state index in [9.17, 15) is 4.79 Å². The number of aryl methyl sites for hydroxylation is 1. The van der Waals surface area contributed by atoms with Gasteiger partial charge in [-0.2, -0.15) is 0 Å². The molecular weight excluding hydrogens is 507 g/mol. The maximum absolute atomic E-state index is 11.4. The molecule has 1 amide bonds. The number of nitrogens with two attached hydrogens (primary N) is 1. The smallest absolute Gasteiger partial charge is 0.248 e. The number of nitrogens with one attached hydrogen (secondary N) is 2. The second-order valence-electron chi connectivity index (χ2n) is 6.77. The van der Waals surface area contributed by atoms with Gasteiger partial charge in [-0.3, -0.25) is 4.79 Å². The van der Waals surface area contributed by atoms with Crippen molar-refractivity contribution in [2.75, 3.05) is 26.4 Å². The average molecular weight is 540 g/mol. The molecule has 8 heteroatoms. The predicted molar refractivity (Wildman–Crippen MR) is 135 cm³/mol. The van der Waals surface area contributed by atoms with Gasteiger partial charge in [0, 0.05) is 30.8 Å². The molecule has 0 atom stereocenters. The van der Waals surface area contributed by atoms with E-state index < -0.39 is 5.91 Å². The van der Waals surface area contributed by atoms with E-state index in [1.54, 1.807) is 12.1 Å². The lowest BCUT2D eigenvalue weighted by Crippen LogP contribution is -2.36. The number of benzene rings is 2. The number of nitrogens with zero attached hydrogens (tertiary/aromatic N) is 1. The highest BCUT2D eigenvalue weighted by Gasteiger charge is 2.07. The summed E-state index contributed by atoms with van der Waals surface area (Å²) in [7, 11) is 0. The van der Waals surface area contributed by atoms with Crippen LogP contribution in [0.3, 0.4) is 0 Å². The quantitative estimate of drug-likeness (QED) is 0.176. The first-order valence-corrected chi connectivity index (χ1v) is 10.2. The topological polar surface area (TPSA) is 98.0 Å². The molecule has 0 radical (unpaired) electrons. The van der Waals surface area contributed by atoms with Crippen LogP contribution in [0.25, 0.3) is 0 Å². The minimum absolute atomic E-state index is 0. The molecule has 170 valence electrons. The number of ether oxygens (including phenoxy) is 2. The molecule has 7 nitrogen and oxygen atoms in total. The summed E-state index contributed by atoms with van der Waals surface area (Å²) in [6.45, 7) is 9.50. The molecule has 4 N–H and O–H groups in total. The van der Waals surface area contributed by atoms with Crippen molar-refractivity contribution in [1.82, 2.24) is 10.6 Å². The fourth-order valence-corrected chi connectivity index (χ4v) is 2.81. The van der Waals surface area contributed by atoms with Crippen LogP contribution in [0.2, 0.25) is 0 Å². The van der Waals surface area contributed by atoms with Gasteiger partial charge in [0.25, 0.3) is 0 Å². The zero-order valence-corrected chi connectivity index (χ0v) is 20.8. The summed E-state index contributed by atoms with van der Waals surface area (Å²) < 4.78 is 11.3. The summed E-state index contributed by atoms with van der Waals surface area (Å²) in [5.41, 5.74) is 8.93. The number of carbonyl (C=O) groups excluding carboxylic acids is 1. The molecule has 0 saturated carbocycles. The van der Waals surface area contributed by atoms with Gasteiger partial charge in [-0.15, -0.1) is 24.0 Å². The third kappa shape index (κ3) is 9.56. The Morgan fingerprint density at radius 1 is 1.10 bits per heavy atom. The lowest BCUT2D eigenvalue weighted by molar-refractivity contribution is 0.1000. The number of hydrogen-bond donors (Lipinski definition) is 3. The maximum atomic E-state index is 11.4. The molecule has 0 aliphatic carbocycles. The van der Waals surface area contributed by atoms with E-state index in [0.29, 0.717) is 44.4 Å². The van der Waals surface area contributed by atoms with Gasteiger partial charge in [0.1, 0.15) is 12.4 Å². The van der Waals surface area contributed by atoms with Gasteiger partial charge >= 0.3 is 0 Å². The lowest BCUT2D eigenvalue weighted by Gasteiger charge is -2.15. The molecule has 0 aliphatic rings. The predicted octanol–water partition coefficient (Wildman–Crippen LogP) is 3.38. The summed E-state index contributed by atoms with van der Waals surface area (Å²) in [4.78, 5) is 16.0. The largest absolute Gasteiger partial charge is 0.491 e. The van der Waals surface area contributed by atoms with E-state index in [1.807, 2.05) is 39.0 Å². The summed E-state index contributed by atoms with van der Waals surface area (Å²) in [6.07, 6.45) is 0. The van der Waals surface area contributed by atoms with Crippen molar-refractivity contribution >= 4 is 35.8 Å². The van der Waals surface area contributed by atoms with Crippen molar-refractivity contribution in [3.05, 3.63) is 64.7 Å². The van der Waals surface area contributed by atoms with Crippen LogP contribution >= 0.6 is 24.0 Å². The molecule has 0 aromatic heterocycles. The molecule has 31 heavy (non-hydrogen) atoms. The summed E-state index contributed by atoms with van der Waals surface area (Å²) in [6, 6.07) is 13.3. The van der Waals surface area contributed by atoms with Gasteiger partial charge in [0.05, 0.1) is 13.2 Å². The highest BCUT2D eigenvalue weighted by Crippen LogP contribution is 2.20. The number of aliphatic imine (C=N–C) groups is 1. The number of carbonyl (C=O) groups is 1. The van der Waals surface area contributed by atoms with Crippen LogP contribution in [-0.4, -0.2) is 38.2 Å². The Hall–Kier alpha value is -2.33. The van der Waals surface area contributed by atoms with Crippen LogP contribution in [0, 0.1) is 6.92 Å². The van der Waals surface area contributed by atoms with Crippen molar-refractivity contribution in [3.63, 3.8) is 0 Å². The Labute approximate surface area is 201 Å². The second kappa shape index (κ2) is 14.6. The third-order valence-corrected chi connectivity index (χ3v) is 4.33. The van der Waals surface area contributed by atoms with E-state index in [0.717, 1.165) is 29.0 Å². The van der Waals surface area contributed by atoms with E-state index >= 15 is 0 Å². The summed E-state index contributed by atoms with van der Waals surface area (Å²) >= 11 is 0. The minimum atomic E-state index is -0.443. The first kappa shape index (κ1) is 26.7. The van der Waals surface area contributed by atoms with Gasteiger partial charge in [0.2, 0.25) is 5.91 Å². The molecule has 0 heterocycles. The standard InChI is InChI=1S/C23H32N4O3.HI/c1-4-25-23(26-15-18-7-6-8-19(14-18)22(24)28)27-16-20-10-9-17(3)13-21(20)30-12-11-29-5-2;/h6-10,13-14H,4-5,11-12,15-16H2,1-3H3,(H2,24,28)(H2,25,26,27);1H. The number of hydrogen-bond acceptors (Lipinski definition) is 4. The zero-order valence-electron chi connectivity index (χ0n) is 18.4. The highest BCUT2D eigenvalue weighted by atomic mass is 127. The number of amides is 1. The van der Waals surface area contributed by atoms with Crippen molar-refractivity contribution in [2.45, 2.75) is 33.9 Å². The lowest BCUT2D eigenvalue weighted by atomic mass is 10.1. The number of primary amides is 1. The molecule has 0 saturated heterocycles. The Morgan fingerprint density at radius 2 is 1.90 bits per heavy atom. The Kier molecular flexibility index (Phi) is 12.6. The van der Waals surface area contributed by atoms with Crippen LogP contribution in [0.5, 0.6) is 5.75 Å². The molecule has 0 bridgehead atoms. The Bertz CT molecular complexity index is 858. The highest BCUT2D eigenvalue weighted by molar-refractivity contribution is 14.0. The van der Waals surface area contributed by atoms with E-state index in [1.165, 1.54) is 0 Å². The Balaban J connectivity index is 0.00000480. The molecule has 2 aromatic rings. The van der Waals surface area contributed by atoms with Crippen molar-refractivity contribution in [3.8, 4) is 5.75 Å². The van der Waals surface area contributed by atoms with Crippen LogP contribution < -0.4 is 21.1 Å². The summed E-state index contributed by atoms with van der Waals surface area (Å²) in [5.74, 6) is 1.08. The normalized spacial score (nSPS) is 10.9. The van der Waals surface area contributed by atoms with E-state index in [-0.39, 0.29) is 24.0 Å². The molecule has 0 aliphatic heterocycles. The van der Waals surface area contributed by atoms with Crippen LogP contribution in [-0.2, 0) is 17.8 Å². The monoisotopic (exact) mass is 540 g/mol. The third-order valence-electron chi connectivity index (χ3n) is 4.33. The second-order valence-corrected chi connectivity index (χ2v) is 6.77. The molecule has 0 unspecified atom stereocenters. The maximum Gasteiger partial charge on any atom is 0.248 e. The number of halogens is 1. The Morgan fingerprint density at radius 3 is 2.61 bits per heavy atom. The van der Waals surface area contributed by atoms with Gasteiger partial charge in [-0.05, 0) is 50.1 Å².